The van der Waals surface area contributed by atoms with Gasteiger partial charge in [0.05, 0.1) is 24.2 Å². The second-order valence-electron chi connectivity index (χ2n) is 4.24. The van der Waals surface area contributed by atoms with Gasteiger partial charge in [-0.3, -0.25) is 4.79 Å². The number of alkyl halides is 2. The lowest BCUT2D eigenvalue weighted by Crippen LogP contribution is -2.09. The molecule has 158 valence electrons. The summed E-state index contributed by atoms with van der Waals surface area (Å²) in [6, 6.07) is 0. The summed E-state index contributed by atoms with van der Waals surface area (Å²) in [6.07, 6.45) is 3.47. The molecule has 0 unspecified atom stereocenters. The molecule has 0 spiro atoms. The molecule has 27 heavy (non-hydrogen) atoms. The molecule has 0 heterocycles. The van der Waals surface area contributed by atoms with Crippen LogP contribution in [-0.4, -0.2) is 58.6 Å². The molecule has 0 aromatic heterocycles. The summed E-state index contributed by atoms with van der Waals surface area (Å²) in [7, 11) is 0. The summed E-state index contributed by atoms with van der Waals surface area (Å²) in [4.78, 5) is 68.3. The molecule has 0 bridgehead atoms. The van der Waals surface area contributed by atoms with Crippen molar-refractivity contribution in [1.82, 2.24) is 0 Å². The van der Waals surface area contributed by atoms with Gasteiger partial charge in [-0.2, -0.15) is 0 Å². The van der Waals surface area contributed by atoms with E-state index in [2.05, 4.69) is 15.9 Å². The second-order valence-corrected chi connectivity index (χ2v) is 6.24. The van der Waals surface area contributed by atoms with Gasteiger partial charge in [-0.15, -0.1) is 24.0 Å². The van der Waals surface area contributed by atoms with E-state index in [1.807, 2.05) is 29.5 Å². The Morgan fingerprint density at radius 3 is 1.19 bits per heavy atom. The number of hydrogen-bond acceptors (Lipinski definition) is 7. The van der Waals surface area contributed by atoms with Gasteiger partial charge < -0.3 is 33.9 Å². The summed E-state index contributed by atoms with van der Waals surface area (Å²) < 4.78 is 0.588. The Morgan fingerprint density at radius 2 is 1.15 bits per heavy atom. The fourth-order valence-electron chi connectivity index (χ4n) is 0.659. The molecule has 0 amide bonds. The SMILES string of the molecule is CCBr.CCC(C=O)C=O.I.O=CC(C=O)CC(=O)O.O=CC(C=O)CI. The smallest absolute Gasteiger partial charge is 0.304 e. The average Bonchev–Trinajstić information content (AvgIpc) is 2.64. The standard InChI is InChI=1S/C5H6O4.C5H8O2.C4H5IO2.C2H5Br.HI/c6-2-4(3-7)1-5(8)9;1-2-5(3-6)4-7;5-1-4(2-6)3-7;1-2-3;/h2-4H,1H2,(H,8,9);3-5H,2H2,1H3;2-4H,1H2;2H2,1H3;1H. The molecule has 11 heteroatoms. The van der Waals surface area contributed by atoms with Crippen molar-refractivity contribution in [2.24, 2.45) is 17.8 Å². The first-order valence-electron chi connectivity index (χ1n) is 7.37. The first kappa shape index (κ1) is 37.2. The highest BCUT2D eigenvalue weighted by atomic mass is 127. The first-order valence-corrected chi connectivity index (χ1v) is 10.0. The van der Waals surface area contributed by atoms with Gasteiger partial charge in [-0.25, -0.2) is 0 Å². The van der Waals surface area contributed by atoms with E-state index in [1.54, 1.807) is 6.92 Å². The predicted molar refractivity (Wildman–Crippen MR) is 123 cm³/mol. The molecule has 0 saturated heterocycles. The molecule has 0 aliphatic carbocycles. The largest absolute Gasteiger partial charge is 0.481 e. The summed E-state index contributed by atoms with van der Waals surface area (Å²) in [5.74, 6) is -2.89. The summed E-state index contributed by atoms with van der Waals surface area (Å²) >= 11 is 5.13. The molecule has 0 aromatic carbocycles. The predicted octanol–water partition coefficient (Wildman–Crippen LogP) is 2.34. The van der Waals surface area contributed by atoms with Crippen molar-refractivity contribution in [1.29, 1.82) is 0 Å². The quantitative estimate of drug-likeness (QED) is 0.161. The highest BCUT2D eigenvalue weighted by Gasteiger charge is 2.09. The number of halogens is 3. The Morgan fingerprint density at radius 1 is 0.852 bits per heavy atom. The van der Waals surface area contributed by atoms with Crippen LogP contribution in [0.2, 0.25) is 0 Å². The van der Waals surface area contributed by atoms with Crippen LogP contribution in [0.3, 0.4) is 0 Å². The second kappa shape index (κ2) is 33.0. The molecule has 0 aromatic rings. The Hall–Kier alpha value is -0.570. The monoisotopic (exact) mass is 678 g/mol. The molecule has 0 rings (SSSR count). The Balaban J connectivity index is -0.0000000827. The van der Waals surface area contributed by atoms with Gasteiger partial charge >= 0.3 is 5.97 Å². The van der Waals surface area contributed by atoms with E-state index in [0.29, 0.717) is 48.6 Å². The first-order chi connectivity index (χ1) is 12.3. The molecule has 0 radical (unpaired) electrons. The average molecular weight is 679 g/mol. The van der Waals surface area contributed by atoms with Gasteiger partial charge in [0.15, 0.2) is 0 Å². The van der Waals surface area contributed by atoms with Crippen LogP contribution >= 0.6 is 62.5 Å². The maximum atomic E-state index is 9.81. The Labute approximate surface area is 197 Å². The Bertz CT molecular complexity index is 364. The van der Waals surface area contributed by atoms with Gasteiger partial charge in [0.1, 0.15) is 37.7 Å². The van der Waals surface area contributed by atoms with Crippen molar-refractivity contribution in [3.8, 4) is 0 Å². The molecule has 0 fully saturated rings. The van der Waals surface area contributed by atoms with Gasteiger partial charge in [0.25, 0.3) is 0 Å². The minimum Gasteiger partial charge on any atom is -0.481 e. The molecule has 0 saturated carbocycles. The van der Waals surface area contributed by atoms with Crippen molar-refractivity contribution < 1.29 is 38.7 Å². The molecule has 0 aliphatic heterocycles. The molecular weight excluding hydrogens is 654 g/mol. The third kappa shape index (κ3) is 37.0. The number of carbonyl (C=O) groups excluding carboxylic acids is 6. The van der Waals surface area contributed by atoms with E-state index in [1.165, 1.54) is 0 Å². The minimum atomic E-state index is -1.14. The normalized spacial score (nSPS) is 8.26. The number of aliphatic carboxylic acids is 1. The topological polar surface area (TPSA) is 140 Å². The molecule has 1 N–H and O–H groups in total. The van der Waals surface area contributed by atoms with Crippen LogP contribution in [0.25, 0.3) is 0 Å². The van der Waals surface area contributed by atoms with E-state index in [-0.39, 0.29) is 35.8 Å². The zero-order chi connectivity index (χ0) is 21.4. The highest BCUT2D eigenvalue weighted by Crippen LogP contribution is 1.93. The number of carbonyl (C=O) groups is 7. The summed E-state index contributed by atoms with van der Waals surface area (Å²) in [6.45, 7) is 3.84. The fraction of sp³-hybridized carbons (Fsp3) is 0.562. The van der Waals surface area contributed by atoms with Crippen LogP contribution in [0.15, 0.2) is 0 Å². The van der Waals surface area contributed by atoms with E-state index < -0.39 is 18.3 Å². The lowest BCUT2D eigenvalue weighted by Gasteiger charge is -1.92. The Kier molecular flexibility index (Phi) is 45.6. The highest BCUT2D eigenvalue weighted by molar-refractivity contribution is 14.1. The van der Waals surface area contributed by atoms with E-state index in [9.17, 15) is 33.6 Å². The van der Waals surface area contributed by atoms with Crippen LogP contribution in [0, 0.1) is 17.8 Å². The number of aldehydes is 6. The maximum Gasteiger partial charge on any atom is 0.304 e. The number of hydrogen-bond donors (Lipinski definition) is 1. The zero-order valence-corrected chi connectivity index (χ0v) is 21.1. The van der Waals surface area contributed by atoms with Gasteiger partial charge in [-0.1, -0.05) is 52.4 Å². The van der Waals surface area contributed by atoms with Crippen molar-refractivity contribution in [3.63, 3.8) is 0 Å². The van der Waals surface area contributed by atoms with Crippen LogP contribution in [0.4, 0.5) is 0 Å². The van der Waals surface area contributed by atoms with E-state index in [0.717, 1.165) is 5.33 Å². The van der Waals surface area contributed by atoms with Gasteiger partial charge in [-0.05, 0) is 6.42 Å². The summed E-state index contributed by atoms with van der Waals surface area (Å²) in [5, 5.41) is 9.09. The number of rotatable bonds is 10. The van der Waals surface area contributed by atoms with Gasteiger partial charge in [0.2, 0.25) is 0 Å². The van der Waals surface area contributed by atoms with Crippen LogP contribution in [0.5, 0.6) is 0 Å². The summed E-state index contributed by atoms with van der Waals surface area (Å²) in [5.41, 5.74) is 0. The number of carboxylic acids is 1. The van der Waals surface area contributed by atoms with E-state index in [4.69, 9.17) is 5.11 Å². The van der Waals surface area contributed by atoms with Crippen molar-refractivity contribution in [2.45, 2.75) is 26.7 Å². The molecule has 8 nitrogen and oxygen atoms in total. The van der Waals surface area contributed by atoms with Gasteiger partial charge in [0, 0.05) is 9.76 Å². The third-order valence-electron chi connectivity index (χ3n) is 2.11. The van der Waals surface area contributed by atoms with Crippen LogP contribution < -0.4 is 0 Å². The molecule has 0 aliphatic rings. The zero-order valence-electron chi connectivity index (χ0n) is 15.0. The van der Waals surface area contributed by atoms with Crippen molar-refractivity contribution in [2.75, 3.05) is 9.76 Å². The van der Waals surface area contributed by atoms with Crippen molar-refractivity contribution >= 4 is 106 Å². The third-order valence-corrected chi connectivity index (χ3v) is 3.13. The maximum absolute atomic E-state index is 9.81. The van der Waals surface area contributed by atoms with Crippen molar-refractivity contribution in [3.05, 3.63) is 0 Å². The lowest BCUT2D eigenvalue weighted by molar-refractivity contribution is -0.140. The lowest BCUT2D eigenvalue weighted by atomic mass is 10.1. The van der Waals surface area contributed by atoms with E-state index >= 15 is 0 Å². The van der Waals surface area contributed by atoms with Crippen LogP contribution in [0.1, 0.15) is 26.7 Å². The fourth-order valence-corrected chi connectivity index (χ4v) is 1.07. The number of carboxylic acid groups (broad SMARTS) is 1. The minimum absolute atomic E-state index is 0. The molecule has 0 atom stereocenters. The molecular formula is C16H25BrI2O8. The van der Waals surface area contributed by atoms with Crippen LogP contribution in [-0.2, 0) is 33.6 Å².